The number of urea groups is 1. The van der Waals surface area contributed by atoms with E-state index in [0.717, 1.165) is 28.9 Å². The first kappa shape index (κ1) is 18.0. The van der Waals surface area contributed by atoms with Crippen LogP contribution in [0.15, 0.2) is 42.5 Å². The summed E-state index contributed by atoms with van der Waals surface area (Å²) in [4.78, 5) is 26.9. The largest absolute Gasteiger partial charge is 0.324 e. The summed E-state index contributed by atoms with van der Waals surface area (Å²) in [5.74, 6) is -0.134. The van der Waals surface area contributed by atoms with Gasteiger partial charge in [-0.05, 0) is 69.0 Å². The lowest BCUT2D eigenvalue weighted by Crippen LogP contribution is -2.45. The van der Waals surface area contributed by atoms with E-state index in [-0.39, 0.29) is 11.9 Å². The average Bonchev–Trinajstić information content (AvgIpc) is 3.10. The standard InChI is InChI=1S/C21H25N3O2/c1-14-6-9-17(10-7-14)23-21(26)24-12-4-5-19(24)20(25)22-18-11-8-15(2)16(3)13-18/h6-11,13,19H,4-5,12H2,1-3H3,(H,22,25)(H,23,26)/t19-/m1/s1. The van der Waals surface area contributed by atoms with Crippen molar-refractivity contribution in [2.24, 2.45) is 0 Å². The minimum absolute atomic E-state index is 0.134. The van der Waals surface area contributed by atoms with Crippen molar-refractivity contribution < 1.29 is 9.59 Å². The molecule has 0 aromatic heterocycles. The number of carbonyl (C=O) groups excluding carboxylic acids is 2. The van der Waals surface area contributed by atoms with Crippen molar-refractivity contribution in [1.29, 1.82) is 0 Å². The van der Waals surface area contributed by atoms with Gasteiger partial charge < -0.3 is 15.5 Å². The number of hydrogen-bond acceptors (Lipinski definition) is 2. The highest BCUT2D eigenvalue weighted by molar-refractivity contribution is 5.99. The molecule has 2 aromatic rings. The fourth-order valence-corrected chi connectivity index (χ4v) is 3.16. The van der Waals surface area contributed by atoms with E-state index in [4.69, 9.17) is 0 Å². The highest BCUT2D eigenvalue weighted by Gasteiger charge is 2.34. The molecule has 1 saturated heterocycles. The van der Waals surface area contributed by atoms with E-state index in [0.29, 0.717) is 13.0 Å². The maximum atomic E-state index is 12.7. The van der Waals surface area contributed by atoms with E-state index in [1.807, 2.05) is 63.2 Å². The molecule has 0 unspecified atom stereocenters. The zero-order chi connectivity index (χ0) is 18.7. The fraction of sp³-hybridized carbons (Fsp3) is 0.333. The predicted octanol–water partition coefficient (Wildman–Crippen LogP) is 4.25. The Bertz CT molecular complexity index is 815. The number of rotatable bonds is 3. The van der Waals surface area contributed by atoms with E-state index in [1.165, 1.54) is 5.56 Å². The molecule has 5 heteroatoms. The van der Waals surface area contributed by atoms with Crippen molar-refractivity contribution in [2.75, 3.05) is 17.2 Å². The number of anilines is 2. The fourth-order valence-electron chi connectivity index (χ4n) is 3.16. The van der Waals surface area contributed by atoms with Crippen LogP contribution >= 0.6 is 0 Å². The predicted molar refractivity (Wildman–Crippen MR) is 104 cm³/mol. The molecule has 0 saturated carbocycles. The van der Waals surface area contributed by atoms with Crippen LogP contribution in [-0.4, -0.2) is 29.4 Å². The number of nitrogens with one attached hydrogen (secondary N) is 2. The minimum Gasteiger partial charge on any atom is -0.324 e. The first-order chi connectivity index (χ1) is 12.4. The van der Waals surface area contributed by atoms with Gasteiger partial charge in [0.25, 0.3) is 0 Å². The van der Waals surface area contributed by atoms with Crippen LogP contribution in [0.5, 0.6) is 0 Å². The molecule has 1 heterocycles. The third-order valence-corrected chi connectivity index (χ3v) is 4.89. The number of hydrogen-bond donors (Lipinski definition) is 2. The molecule has 2 N–H and O–H groups in total. The number of amides is 3. The summed E-state index contributed by atoms with van der Waals surface area (Å²) >= 11 is 0. The molecule has 26 heavy (non-hydrogen) atoms. The van der Waals surface area contributed by atoms with Crippen molar-refractivity contribution in [2.45, 2.75) is 39.7 Å². The van der Waals surface area contributed by atoms with Crippen molar-refractivity contribution in [3.05, 3.63) is 59.2 Å². The average molecular weight is 351 g/mol. The first-order valence-electron chi connectivity index (χ1n) is 8.96. The smallest absolute Gasteiger partial charge is 0.322 e. The lowest BCUT2D eigenvalue weighted by atomic mass is 10.1. The van der Waals surface area contributed by atoms with Crippen LogP contribution in [-0.2, 0) is 4.79 Å². The molecule has 3 rings (SSSR count). The molecule has 1 fully saturated rings. The van der Waals surface area contributed by atoms with Crippen LogP contribution in [0.2, 0.25) is 0 Å². The van der Waals surface area contributed by atoms with Gasteiger partial charge in [-0.3, -0.25) is 4.79 Å². The van der Waals surface area contributed by atoms with Gasteiger partial charge in [0.15, 0.2) is 0 Å². The SMILES string of the molecule is Cc1ccc(NC(=O)N2CCC[C@@H]2C(=O)Nc2ccc(C)c(C)c2)cc1. The van der Waals surface area contributed by atoms with Crippen LogP contribution < -0.4 is 10.6 Å². The van der Waals surface area contributed by atoms with Gasteiger partial charge in [-0.1, -0.05) is 23.8 Å². The molecule has 1 atom stereocenters. The Morgan fingerprint density at radius 3 is 2.31 bits per heavy atom. The van der Waals surface area contributed by atoms with E-state index in [2.05, 4.69) is 10.6 Å². The van der Waals surface area contributed by atoms with Gasteiger partial charge >= 0.3 is 6.03 Å². The number of benzene rings is 2. The Balaban J connectivity index is 1.66. The molecule has 0 radical (unpaired) electrons. The Labute approximate surface area is 154 Å². The van der Waals surface area contributed by atoms with Crippen LogP contribution in [0.3, 0.4) is 0 Å². The second kappa shape index (κ2) is 7.60. The van der Waals surface area contributed by atoms with Crippen LogP contribution in [0.4, 0.5) is 16.2 Å². The summed E-state index contributed by atoms with van der Waals surface area (Å²) < 4.78 is 0. The highest BCUT2D eigenvalue weighted by Crippen LogP contribution is 2.22. The lowest BCUT2D eigenvalue weighted by Gasteiger charge is -2.24. The minimum atomic E-state index is -0.443. The molecule has 3 amide bonds. The summed E-state index contributed by atoms with van der Waals surface area (Å²) in [6, 6.07) is 12.8. The maximum Gasteiger partial charge on any atom is 0.322 e. The van der Waals surface area contributed by atoms with Gasteiger partial charge in [0.2, 0.25) is 5.91 Å². The maximum absolute atomic E-state index is 12.7. The molecular formula is C21H25N3O2. The van der Waals surface area contributed by atoms with E-state index in [9.17, 15) is 9.59 Å². The Kier molecular flexibility index (Phi) is 5.26. The second-order valence-electron chi connectivity index (χ2n) is 6.94. The number of carbonyl (C=O) groups is 2. The third-order valence-electron chi connectivity index (χ3n) is 4.89. The van der Waals surface area contributed by atoms with Crippen molar-refractivity contribution in [3.8, 4) is 0 Å². The first-order valence-corrected chi connectivity index (χ1v) is 8.96. The molecule has 1 aliphatic rings. The summed E-state index contributed by atoms with van der Waals surface area (Å²) in [5.41, 5.74) is 4.95. The molecule has 136 valence electrons. The molecule has 1 aliphatic heterocycles. The van der Waals surface area contributed by atoms with Crippen LogP contribution in [0.25, 0.3) is 0 Å². The van der Waals surface area contributed by atoms with Crippen LogP contribution in [0.1, 0.15) is 29.5 Å². The Morgan fingerprint density at radius 2 is 1.62 bits per heavy atom. The van der Waals surface area contributed by atoms with Gasteiger partial charge in [-0.15, -0.1) is 0 Å². The van der Waals surface area contributed by atoms with E-state index in [1.54, 1.807) is 4.90 Å². The summed E-state index contributed by atoms with van der Waals surface area (Å²) in [6.45, 7) is 6.64. The van der Waals surface area contributed by atoms with Crippen molar-refractivity contribution in [1.82, 2.24) is 4.90 Å². The molecular weight excluding hydrogens is 326 g/mol. The third kappa shape index (κ3) is 4.04. The van der Waals surface area contributed by atoms with Gasteiger partial charge in [0.05, 0.1) is 0 Å². The zero-order valence-corrected chi connectivity index (χ0v) is 15.5. The van der Waals surface area contributed by atoms with Crippen LogP contribution in [0, 0.1) is 20.8 Å². The second-order valence-corrected chi connectivity index (χ2v) is 6.94. The highest BCUT2D eigenvalue weighted by atomic mass is 16.2. The number of aryl methyl sites for hydroxylation is 3. The van der Waals surface area contributed by atoms with Gasteiger partial charge in [0, 0.05) is 17.9 Å². The summed E-state index contributed by atoms with van der Waals surface area (Å²) in [5, 5.41) is 5.83. The van der Waals surface area contributed by atoms with Crippen molar-refractivity contribution in [3.63, 3.8) is 0 Å². The molecule has 0 bridgehead atoms. The van der Waals surface area contributed by atoms with Gasteiger partial charge in [0.1, 0.15) is 6.04 Å². The number of likely N-dealkylation sites (tertiary alicyclic amines) is 1. The lowest BCUT2D eigenvalue weighted by molar-refractivity contribution is -0.119. The molecule has 2 aromatic carbocycles. The normalized spacial score (nSPS) is 16.4. The van der Waals surface area contributed by atoms with Crippen molar-refractivity contribution >= 4 is 23.3 Å². The summed E-state index contributed by atoms with van der Waals surface area (Å²) in [7, 11) is 0. The zero-order valence-electron chi connectivity index (χ0n) is 15.5. The quantitative estimate of drug-likeness (QED) is 0.868. The van der Waals surface area contributed by atoms with Gasteiger partial charge in [-0.25, -0.2) is 4.79 Å². The molecule has 0 spiro atoms. The molecule has 5 nitrogen and oxygen atoms in total. The Hall–Kier alpha value is -2.82. The number of nitrogens with zero attached hydrogens (tertiary/aromatic N) is 1. The topological polar surface area (TPSA) is 61.4 Å². The van der Waals surface area contributed by atoms with E-state index >= 15 is 0 Å². The Morgan fingerprint density at radius 1 is 0.923 bits per heavy atom. The summed E-state index contributed by atoms with van der Waals surface area (Å²) in [6.07, 6.45) is 1.50. The van der Waals surface area contributed by atoms with Gasteiger partial charge in [-0.2, -0.15) is 0 Å². The monoisotopic (exact) mass is 351 g/mol. The molecule has 0 aliphatic carbocycles. The van der Waals surface area contributed by atoms with E-state index < -0.39 is 6.04 Å².